The molecule has 3 aromatic heterocycles. The van der Waals surface area contributed by atoms with E-state index >= 15 is 0 Å². The molecule has 6 nitrogen and oxygen atoms in total. The highest BCUT2D eigenvalue weighted by Crippen LogP contribution is 2.23. The van der Waals surface area contributed by atoms with Crippen LogP contribution in [0.2, 0.25) is 0 Å². The van der Waals surface area contributed by atoms with Crippen LogP contribution in [0.15, 0.2) is 41.5 Å². The van der Waals surface area contributed by atoms with Gasteiger partial charge in [0.25, 0.3) is 5.56 Å². The Bertz CT molecular complexity index is 1010. The first-order valence-electron chi connectivity index (χ1n) is 8.44. The van der Waals surface area contributed by atoms with E-state index in [1.807, 2.05) is 24.3 Å². The first-order chi connectivity index (χ1) is 12.6. The van der Waals surface area contributed by atoms with Crippen LogP contribution in [-0.2, 0) is 19.5 Å². The maximum Gasteiger partial charge on any atom is 0.255 e. The number of nitrogens with zero attached hydrogens (tertiary/aromatic N) is 3. The van der Waals surface area contributed by atoms with Crippen LogP contribution in [0.4, 0.5) is 0 Å². The molecular weight excluding hydrogens is 348 g/mol. The number of aromatic amines is 1. The van der Waals surface area contributed by atoms with E-state index in [-0.39, 0.29) is 11.3 Å². The van der Waals surface area contributed by atoms with E-state index in [0.29, 0.717) is 12.4 Å². The highest BCUT2D eigenvalue weighted by Gasteiger charge is 2.22. The first kappa shape index (κ1) is 16.8. The molecule has 0 bridgehead atoms. The molecule has 4 rings (SSSR count). The average Bonchev–Trinajstić information content (AvgIpc) is 3.12. The van der Waals surface area contributed by atoms with Crippen molar-refractivity contribution in [1.29, 1.82) is 0 Å². The molecule has 0 atom stereocenters. The molecule has 1 N–H and O–H groups in total. The predicted molar refractivity (Wildman–Crippen MR) is 100 cm³/mol. The summed E-state index contributed by atoms with van der Waals surface area (Å²) in [4.78, 5) is 39.8. The number of pyridine rings is 1. The average molecular weight is 366 g/mol. The van der Waals surface area contributed by atoms with Gasteiger partial charge >= 0.3 is 0 Å². The lowest BCUT2D eigenvalue weighted by atomic mass is 10.1. The van der Waals surface area contributed by atoms with Gasteiger partial charge in [-0.2, -0.15) is 0 Å². The van der Waals surface area contributed by atoms with E-state index in [4.69, 9.17) is 0 Å². The fraction of sp³-hybridized carbons (Fsp3) is 0.263. The third kappa shape index (κ3) is 3.36. The molecule has 3 aromatic rings. The van der Waals surface area contributed by atoms with E-state index in [1.165, 1.54) is 11.3 Å². The van der Waals surface area contributed by atoms with Crippen LogP contribution in [0.3, 0.4) is 0 Å². The molecule has 7 heteroatoms. The minimum Gasteiger partial charge on any atom is -0.306 e. The Morgan fingerprint density at radius 2 is 2.23 bits per heavy atom. The number of fused-ring (bicyclic) bond motifs is 1. The zero-order chi connectivity index (χ0) is 18.1. The molecule has 0 spiro atoms. The summed E-state index contributed by atoms with van der Waals surface area (Å²) in [5.41, 5.74) is 2.31. The van der Waals surface area contributed by atoms with Crippen LogP contribution < -0.4 is 5.56 Å². The van der Waals surface area contributed by atoms with Gasteiger partial charge in [-0.3, -0.25) is 19.5 Å². The zero-order valence-electron chi connectivity index (χ0n) is 14.4. The highest BCUT2D eigenvalue weighted by atomic mass is 32.1. The van der Waals surface area contributed by atoms with E-state index in [1.54, 1.807) is 19.3 Å². The summed E-state index contributed by atoms with van der Waals surface area (Å²) in [6.45, 7) is 3.72. The van der Waals surface area contributed by atoms with Gasteiger partial charge in [0.1, 0.15) is 5.82 Å². The number of carbonyl (C=O) groups is 1. The third-order valence-corrected chi connectivity index (χ3v) is 5.64. The minimum absolute atomic E-state index is 0.0887. The molecule has 26 heavy (non-hydrogen) atoms. The fourth-order valence-electron chi connectivity index (χ4n) is 3.13. The summed E-state index contributed by atoms with van der Waals surface area (Å²) in [5, 5.41) is 0. The van der Waals surface area contributed by atoms with Crippen molar-refractivity contribution in [3.63, 3.8) is 0 Å². The summed E-state index contributed by atoms with van der Waals surface area (Å²) >= 11 is 1.52. The van der Waals surface area contributed by atoms with E-state index in [0.717, 1.165) is 46.1 Å². The van der Waals surface area contributed by atoms with Crippen molar-refractivity contribution in [1.82, 2.24) is 19.9 Å². The number of ketones is 1. The molecular formula is C19H18N4O2S. The van der Waals surface area contributed by atoms with Crippen LogP contribution in [0, 0.1) is 0 Å². The quantitative estimate of drug-likeness (QED) is 0.718. The van der Waals surface area contributed by atoms with Gasteiger partial charge in [-0.25, -0.2) is 4.98 Å². The monoisotopic (exact) mass is 366 g/mol. The fourth-order valence-corrected chi connectivity index (χ4v) is 4.07. The van der Waals surface area contributed by atoms with Crippen LogP contribution >= 0.6 is 11.3 Å². The summed E-state index contributed by atoms with van der Waals surface area (Å²) in [6, 6.07) is 7.57. The third-order valence-electron chi connectivity index (χ3n) is 4.47. The number of hydrogen-bond acceptors (Lipinski definition) is 6. The van der Waals surface area contributed by atoms with Gasteiger partial charge in [-0.15, -0.1) is 11.3 Å². The van der Waals surface area contributed by atoms with Crippen LogP contribution in [-0.4, -0.2) is 32.2 Å². The number of rotatable bonds is 4. The van der Waals surface area contributed by atoms with Gasteiger partial charge in [0.15, 0.2) is 5.78 Å². The maximum absolute atomic E-state index is 12.6. The second-order valence-corrected chi connectivity index (χ2v) is 7.53. The Morgan fingerprint density at radius 1 is 1.35 bits per heavy atom. The zero-order valence-corrected chi connectivity index (χ0v) is 15.2. The number of Topliss-reactive ketones (excluding diaryl/α,β-unsaturated/α-hetero) is 1. The normalized spacial score (nSPS) is 14.2. The van der Waals surface area contributed by atoms with Crippen LogP contribution in [0.5, 0.6) is 0 Å². The van der Waals surface area contributed by atoms with Gasteiger partial charge in [0, 0.05) is 48.9 Å². The molecule has 0 aliphatic carbocycles. The predicted octanol–water partition coefficient (Wildman–Crippen LogP) is 2.65. The molecule has 1 aliphatic heterocycles. The van der Waals surface area contributed by atoms with Crippen molar-refractivity contribution >= 4 is 17.1 Å². The number of thiophene rings is 1. The lowest BCUT2D eigenvalue weighted by molar-refractivity contribution is 0.102. The number of carbonyl (C=O) groups excluding carboxylic acids is 1. The Morgan fingerprint density at radius 3 is 2.96 bits per heavy atom. The van der Waals surface area contributed by atoms with Gasteiger partial charge in [0.2, 0.25) is 0 Å². The Kier molecular flexibility index (Phi) is 4.48. The molecule has 0 fully saturated rings. The number of H-pyrrole nitrogens is 1. The standard InChI is InChI=1S/C19H18N4O2S/c1-12(24)17-5-4-14(26-17)10-23-8-6-16-15(11-23)19(25)22-18(21-16)13-3-2-7-20-9-13/h2-5,7,9H,6,8,10-11H2,1H3,(H,21,22,25). The lowest BCUT2D eigenvalue weighted by Gasteiger charge is -2.27. The lowest BCUT2D eigenvalue weighted by Crippen LogP contribution is -2.35. The number of aromatic nitrogens is 3. The smallest absolute Gasteiger partial charge is 0.255 e. The molecule has 0 unspecified atom stereocenters. The van der Waals surface area contributed by atoms with Crippen molar-refractivity contribution in [3.05, 3.63) is 68.0 Å². The van der Waals surface area contributed by atoms with Crippen molar-refractivity contribution in [2.75, 3.05) is 6.54 Å². The second kappa shape index (κ2) is 6.93. The van der Waals surface area contributed by atoms with Crippen LogP contribution in [0.1, 0.15) is 32.7 Å². The number of hydrogen-bond donors (Lipinski definition) is 1. The molecule has 0 saturated carbocycles. The molecule has 0 radical (unpaired) electrons. The molecule has 0 amide bonds. The van der Waals surface area contributed by atoms with Crippen LogP contribution in [0.25, 0.3) is 11.4 Å². The number of nitrogens with one attached hydrogen (secondary N) is 1. The van der Waals surface area contributed by atoms with Gasteiger partial charge in [-0.1, -0.05) is 0 Å². The molecule has 0 aromatic carbocycles. The SMILES string of the molecule is CC(=O)c1ccc(CN2CCc3nc(-c4cccnc4)[nH]c(=O)c3C2)s1. The highest BCUT2D eigenvalue weighted by molar-refractivity contribution is 7.14. The first-order valence-corrected chi connectivity index (χ1v) is 9.26. The molecule has 0 saturated heterocycles. The Balaban J connectivity index is 1.55. The Labute approximate surface area is 154 Å². The van der Waals surface area contributed by atoms with Crippen molar-refractivity contribution in [2.24, 2.45) is 0 Å². The molecule has 132 valence electrons. The summed E-state index contributed by atoms with van der Waals surface area (Å²) in [7, 11) is 0. The van der Waals surface area contributed by atoms with E-state index in [2.05, 4.69) is 19.9 Å². The minimum atomic E-state index is -0.0887. The van der Waals surface area contributed by atoms with Crippen molar-refractivity contribution < 1.29 is 4.79 Å². The molecule has 4 heterocycles. The molecule has 1 aliphatic rings. The van der Waals surface area contributed by atoms with E-state index < -0.39 is 0 Å². The van der Waals surface area contributed by atoms with Crippen molar-refractivity contribution in [3.8, 4) is 11.4 Å². The van der Waals surface area contributed by atoms with Gasteiger partial charge < -0.3 is 4.98 Å². The Hall–Kier alpha value is -2.64. The summed E-state index contributed by atoms with van der Waals surface area (Å²) in [6.07, 6.45) is 4.13. The second-order valence-electron chi connectivity index (χ2n) is 6.36. The topological polar surface area (TPSA) is 79.0 Å². The largest absolute Gasteiger partial charge is 0.306 e. The van der Waals surface area contributed by atoms with Gasteiger partial charge in [-0.05, 0) is 31.2 Å². The summed E-state index contributed by atoms with van der Waals surface area (Å²) in [5.74, 6) is 0.661. The van der Waals surface area contributed by atoms with E-state index in [9.17, 15) is 9.59 Å². The summed E-state index contributed by atoms with van der Waals surface area (Å²) < 4.78 is 0. The van der Waals surface area contributed by atoms with Crippen molar-refractivity contribution in [2.45, 2.75) is 26.4 Å². The van der Waals surface area contributed by atoms with Gasteiger partial charge in [0.05, 0.1) is 16.1 Å². The maximum atomic E-state index is 12.6.